The molecule has 2 heteroatoms. The molecular formula is C22H32O2. The van der Waals surface area contributed by atoms with Crippen molar-refractivity contribution in [2.45, 2.75) is 58.3 Å². The van der Waals surface area contributed by atoms with Gasteiger partial charge in [0.1, 0.15) is 0 Å². The smallest absolute Gasteiger partial charge is 0.303 e. The molecule has 0 radical (unpaired) electrons. The molecule has 0 aromatic carbocycles. The first-order valence-electron chi connectivity index (χ1n) is 8.89. The van der Waals surface area contributed by atoms with Gasteiger partial charge in [-0.15, -0.1) is 0 Å². The van der Waals surface area contributed by atoms with Crippen molar-refractivity contribution in [3.05, 3.63) is 72.9 Å². The third-order valence-electron chi connectivity index (χ3n) is 3.12. The van der Waals surface area contributed by atoms with E-state index in [9.17, 15) is 4.79 Å². The second-order valence-electron chi connectivity index (χ2n) is 5.35. The van der Waals surface area contributed by atoms with Gasteiger partial charge in [0.25, 0.3) is 0 Å². The Bertz CT molecular complexity index is 462. The Morgan fingerprint density at radius 2 is 0.958 bits per heavy atom. The fourth-order valence-corrected chi connectivity index (χ4v) is 1.85. The standard InChI is InChI=1S/C22H32O2/c1-2-3-4-5-6-7-8-9-10-11-12-13-14-15-16-17-18-19-20-21-22(23)24/h3-4,6-7,9-10,12-13,15-16,18-19H,2,5,8,11,14,17,20-21H2,1H3,(H,23,24)/b4-3-,7-6-,10-9-,13-12+,16-15+,19-18+. The molecule has 0 aromatic rings. The van der Waals surface area contributed by atoms with Crippen molar-refractivity contribution in [2.75, 3.05) is 0 Å². The monoisotopic (exact) mass is 328 g/mol. The first-order chi connectivity index (χ1) is 11.8. The Hall–Kier alpha value is -2.09. The summed E-state index contributed by atoms with van der Waals surface area (Å²) in [6.45, 7) is 2.15. The fraction of sp³-hybridized carbons (Fsp3) is 0.409. The molecule has 0 fully saturated rings. The van der Waals surface area contributed by atoms with E-state index in [-0.39, 0.29) is 6.42 Å². The lowest BCUT2D eigenvalue weighted by atomic mass is 10.2. The van der Waals surface area contributed by atoms with Gasteiger partial charge < -0.3 is 5.11 Å². The van der Waals surface area contributed by atoms with Crippen molar-refractivity contribution in [1.29, 1.82) is 0 Å². The van der Waals surface area contributed by atoms with Crippen LogP contribution in [0.25, 0.3) is 0 Å². The van der Waals surface area contributed by atoms with Crippen LogP contribution in [-0.4, -0.2) is 11.1 Å². The predicted octanol–water partition coefficient (Wildman–Crippen LogP) is 6.55. The number of aliphatic carboxylic acids is 1. The topological polar surface area (TPSA) is 37.3 Å². The minimum atomic E-state index is -0.741. The van der Waals surface area contributed by atoms with Gasteiger partial charge in [-0.25, -0.2) is 0 Å². The quantitative estimate of drug-likeness (QED) is 0.367. The Labute approximate surface area is 147 Å². The summed E-state index contributed by atoms with van der Waals surface area (Å²) < 4.78 is 0. The molecule has 0 atom stereocenters. The molecule has 0 amide bonds. The van der Waals surface area contributed by atoms with Crippen LogP contribution < -0.4 is 0 Å². The highest BCUT2D eigenvalue weighted by atomic mass is 16.4. The summed E-state index contributed by atoms with van der Waals surface area (Å²) in [5.74, 6) is -0.741. The summed E-state index contributed by atoms with van der Waals surface area (Å²) in [6.07, 6.45) is 32.5. The number of carbonyl (C=O) groups is 1. The SMILES string of the molecule is CC/C=C\C/C=C\C/C=C\C/C=C/C/C=C/C/C=C/CCC(=O)O. The molecule has 132 valence electrons. The number of carboxylic acids is 1. The zero-order valence-electron chi connectivity index (χ0n) is 14.9. The molecule has 24 heavy (non-hydrogen) atoms. The molecule has 0 unspecified atom stereocenters. The van der Waals surface area contributed by atoms with E-state index in [4.69, 9.17) is 5.11 Å². The van der Waals surface area contributed by atoms with Gasteiger partial charge in [-0.05, 0) is 44.9 Å². The summed E-state index contributed by atoms with van der Waals surface area (Å²) in [5.41, 5.74) is 0. The molecule has 0 aromatic heterocycles. The highest BCUT2D eigenvalue weighted by Gasteiger charge is 1.90. The van der Waals surface area contributed by atoms with E-state index < -0.39 is 5.97 Å². The minimum absolute atomic E-state index is 0.210. The number of carboxylic acid groups (broad SMARTS) is 1. The van der Waals surface area contributed by atoms with Crippen LogP contribution in [0, 0.1) is 0 Å². The number of allylic oxidation sites excluding steroid dienone is 12. The van der Waals surface area contributed by atoms with Crippen LogP contribution in [-0.2, 0) is 4.79 Å². The molecule has 0 aliphatic carbocycles. The number of rotatable bonds is 14. The van der Waals surface area contributed by atoms with Crippen molar-refractivity contribution in [3.63, 3.8) is 0 Å². The van der Waals surface area contributed by atoms with Crippen molar-refractivity contribution in [2.24, 2.45) is 0 Å². The molecule has 0 heterocycles. The summed E-state index contributed by atoms with van der Waals surface area (Å²) in [7, 11) is 0. The third-order valence-corrected chi connectivity index (χ3v) is 3.12. The van der Waals surface area contributed by atoms with Crippen LogP contribution in [0.3, 0.4) is 0 Å². The van der Waals surface area contributed by atoms with Crippen LogP contribution in [0.1, 0.15) is 58.3 Å². The lowest BCUT2D eigenvalue weighted by Crippen LogP contribution is -1.91. The van der Waals surface area contributed by atoms with E-state index in [1.165, 1.54) is 0 Å². The van der Waals surface area contributed by atoms with Gasteiger partial charge in [0.2, 0.25) is 0 Å². The predicted molar refractivity (Wildman–Crippen MR) is 105 cm³/mol. The molecule has 0 rings (SSSR count). The Morgan fingerprint density at radius 3 is 1.29 bits per heavy atom. The van der Waals surface area contributed by atoms with Crippen LogP contribution in [0.4, 0.5) is 0 Å². The van der Waals surface area contributed by atoms with Crippen molar-refractivity contribution in [1.82, 2.24) is 0 Å². The molecule has 0 aliphatic heterocycles. The maximum Gasteiger partial charge on any atom is 0.303 e. The van der Waals surface area contributed by atoms with Crippen molar-refractivity contribution >= 4 is 5.97 Å². The van der Waals surface area contributed by atoms with Crippen LogP contribution in [0.2, 0.25) is 0 Å². The zero-order valence-corrected chi connectivity index (χ0v) is 14.9. The Kier molecular flexibility index (Phi) is 17.3. The van der Waals surface area contributed by atoms with E-state index in [2.05, 4.69) is 67.7 Å². The molecule has 0 saturated heterocycles. The molecular weight excluding hydrogens is 296 g/mol. The van der Waals surface area contributed by atoms with Crippen molar-refractivity contribution in [3.8, 4) is 0 Å². The lowest BCUT2D eigenvalue weighted by molar-refractivity contribution is -0.136. The summed E-state index contributed by atoms with van der Waals surface area (Å²) in [4.78, 5) is 10.3. The molecule has 0 saturated carbocycles. The van der Waals surface area contributed by atoms with Gasteiger partial charge in [-0.2, -0.15) is 0 Å². The van der Waals surface area contributed by atoms with Gasteiger partial charge in [0.15, 0.2) is 0 Å². The Balaban J connectivity index is 3.51. The van der Waals surface area contributed by atoms with Crippen LogP contribution in [0.5, 0.6) is 0 Å². The first-order valence-corrected chi connectivity index (χ1v) is 8.89. The van der Waals surface area contributed by atoms with Gasteiger partial charge >= 0.3 is 5.97 Å². The molecule has 0 spiro atoms. The van der Waals surface area contributed by atoms with E-state index in [0.717, 1.165) is 38.5 Å². The molecule has 1 N–H and O–H groups in total. The highest BCUT2D eigenvalue weighted by molar-refractivity contribution is 5.66. The zero-order chi connectivity index (χ0) is 17.7. The van der Waals surface area contributed by atoms with Gasteiger partial charge in [-0.1, -0.05) is 79.8 Å². The minimum Gasteiger partial charge on any atom is -0.481 e. The highest BCUT2D eigenvalue weighted by Crippen LogP contribution is 1.97. The average Bonchev–Trinajstić information content (AvgIpc) is 2.56. The Morgan fingerprint density at radius 1 is 0.625 bits per heavy atom. The molecule has 0 aliphatic rings. The summed E-state index contributed by atoms with van der Waals surface area (Å²) >= 11 is 0. The normalized spacial score (nSPS) is 13.0. The summed E-state index contributed by atoms with van der Waals surface area (Å²) in [5, 5.41) is 8.49. The van der Waals surface area contributed by atoms with Gasteiger partial charge in [-0.3, -0.25) is 4.79 Å². The lowest BCUT2D eigenvalue weighted by Gasteiger charge is -1.87. The van der Waals surface area contributed by atoms with E-state index in [0.29, 0.717) is 6.42 Å². The van der Waals surface area contributed by atoms with E-state index >= 15 is 0 Å². The fourth-order valence-electron chi connectivity index (χ4n) is 1.85. The second-order valence-corrected chi connectivity index (χ2v) is 5.35. The van der Waals surface area contributed by atoms with Gasteiger partial charge in [0.05, 0.1) is 0 Å². The van der Waals surface area contributed by atoms with Gasteiger partial charge in [0, 0.05) is 6.42 Å². The maximum atomic E-state index is 10.3. The van der Waals surface area contributed by atoms with E-state index in [1.807, 2.05) is 12.2 Å². The third kappa shape index (κ3) is 19.9. The van der Waals surface area contributed by atoms with Crippen LogP contribution in [0.15, 0.2) is 72.9 Å². The average molecular weight is 328 g/mol. The summed E-state index contributed by atoms with van der Waals surface area (Å²) in [6, 6.07) is 0. The van der Waals surface area contributed by atoms with E-state index in [1.54, 1.807) is 0 Å². The second kappa shape index (κ2) is 19.0. The largest absolute Gasteiger partial charge is 0.481 e. The van der Waals surface area contributed by atoms with Crippen LogP contribution >= 0.6 is 0 Å². The number of hydrogen-bond acceptors (Lipinski definition) is 1. The first kappa shape index (κ1) is 21.9. The number of hydrogen-bond donors (Lipinski definition) is 1. The molecule has 2 nitrogen and oxygen atoms in total. The molecule has 0 bridgehead atoms. The maximum absolute atomic E-state index is 10.3. The van der Waals surface area contributed by atoms with Crippen molar-refractivity contribution < 1.29 is 9.90 Å².